The van der Waals surface area contributed by atoms with Crippen LogP contribution in [0.2, 0.25) is 0 Å². The molecule has 3 nitrogen and oxygen atoms in total. The SMILES string of the molecule is CC(=O)C1CCCN1CCN(C)C. The zero-order valence-electron chi connectivity index (χ0n) is 8.92. The van der Waals surface area contributed by atoms with Crippen molar-refractivity contribution in [1.29, 1.82) is 0 Å². The largest absolute Gasteiger partial charge is 0.308 e. The van der Waals surface area contributed by atoms with Gasteiger partial charge < -0.3 is 4.90 Å². The van der Waals surface area contributed by atoms with Crippen LogP contribution in [0.15, 0.2) is 0 Å². The van der Waals surface area contributed by atoms with E-state index in [9.17, 15) is 4.79 Å². The van der Waals surface area contributed by atoms with Crippen LogP contribution in [0.3, 0.4) is 0 Å². The average Bonchev–Trinajstić information content (AvgIpc) is 2.47. The van der Waals surface area contributed by atoms with Gasteiger partial charge in [0.1, 0.15) is 5.78 Å². The predicted molar refractivity (Wildman–Crippen MR) is 53.8 cm³/mol. The topological polar surface area (TPSA) is 23.6 Å². The van der Waals surface area contributed by atoms with Gasteiger partial charge in [-0.3, -0.25) is 9.69 Å². The minimum atomic E-state index is 0.208. The molecule has 0 aromatic rings. The number of Topliss-reactive ketones (excluding diaryl/α,β-unsaturated/α-hetero) is 1. The van der Waals surface area contributed by atoms with E-state index < -0.39 is 0 Å². The molecule has 0 saturated carbocycles. The molecular weight excluding hydrogens is 164 g/mol. The van der Waals surface area contributed by atoms with Crippen molar-refractivity contribution < 1.29 is 4.79 Å². The minimum Gasteiger partial charge on any atom is -0.308 e. The average molecular weight is 184 g/mol. The van der Waals surface area contributed by atoms with Gasteiger partial charge in [-0.2, -0.15) is 0 Å². The molecule has 3 heteroatoms. The third-order valence-electron chi connectivity index (χ3n) is 2.67. The van der Waals surface area contributed by atoms with Crippen molar-refractivity contribution in [2.45, 2.75) is 25.8 Å². The van der Waals surface area contributed by atoms with Gasteiger partial charge in [0, 0.05) is 13.1 Å². The molecular formula is C10H20N2O. The summed E-state index contributed by atoms with van der Waals surface area (Å²) in [5, 5.41) is 0. The zero-order chi connectivity index (χ0) is 9.84. The second-order valence-electron chi connectivity index (χ2n) is 4.11. The lowest BCUT2D eigenvalue weighted by molar-refractivity contribution is -0.121. The van der Waals surface area contributed by atoms with Crippen molar-refractivity contribution in [3.8, 4) is 0 Å². The molecule has 1 rings (SSSR count). The quantitative estimate of drug-likeness (QED) is 0.639. The summed E-state index contributed by atoms with van der Waals surface area (Å²) >= 11 is 0. The molecule has 0 N–H and O–H groups in total. The lowest BCUT2D eigenvalue weighted by atomic mass is 10.1. The fourth-order valence-electron chi connectivity index (χ4n) is 1.88. The van der Waals surface area contributed by atoms with Crippen molar-refractivity contribution in [2.75, 3.05) is 33.7 Å². The Bertz CT molecular complexity index is 180. The number of hydrogen-bond donors (Lipinski definition) is 0. The van der Waals surface area contributed by atoms with Gasteiger partial charge in [0.05, 0.1) is 6.04 Å². The van der Waals surface area contributed by atoms with E-state index >= 15 is 0 Å². The van der Waals surface area contributed by atoms with Crippen LogP contribution in [0.25, 0.3) is 0 Å². The zero-order valence-corrected chi connectivity index (χ0v) is 8.92. The van der Waals surface area contributed by atoms with Crippen LogP contribution in [0, 0.1) is 0 Å². The van der Waals surface area contributed by atoms with Crippen LogP contribution >= 0.6 is 0 Å². The van der Waals surface area contributed by atoms with Crippen molar-refractivity contribution in [3.63, 3.8) is 0 Å². The Labute approximate surface area is 80.7 Å². The number of carbonyl (C=O) groups excluding carboxylic acids is 1. The molecule has 1 heterocycles. The first-order chi connectivity index (χ1) is 6.11. The highest BCUT2D eigenvalue weighted by Gasteiger charge is 2.27. The maximum atomic E-state index is 11.2. The first kappa shape index (κ1) is 10.7. The maximum absolute atomic E-state index is 11.2. The van der Waals surface area contributed by atoms with Gasteiger partial charge >= 0.3 is 0 Å². The molecule has 0 bridgehead atoms. The fourth-order valence-corrected chi connectivity index (χ4v) is 1.88. The minimum absolute atomic E-state index is 0.208. The third kappa shape index (κ3) is 3.08. The summed E-state index contributed by atoms with van der Waals surface area (Å²) in [6.07, 6.45) is 2.24. The van der Waals surface area contributed by atoms with E-state index in [0.29, 0.717) is 5.78 Å². The van der Waals surface area contributed by atoms with Crippen molar-refractivity contribution in [1.82, 2.24) is 9.80 Å². The van der Waals surface area contributed by atoms with E-state index in [1.165, 1.54) is 6.42 Å². The Morgan fingerprint density at radius 1 is 1.54 bits per heavy atom. The maximum Gasteiger partial charge on any atom is 0.146 e. The van der Waals surface area contributed by atoms with Gasteiger partial charge in [-0.15, -0.1) is 0 Å². The molecule has 1 aliphatic heterocycles. The van der Waals surface area contributed by atoms with E-state index in [-0.39, 0.29) is 6.04 Å². The Kier molecular flexibility index (Phi) is 3.88. The second kappa shape index (κ2) is 4.72. The van der Waals surface area contributed by atoms with Crippen LogP contribution < -0.4 is 0 Å². The molecule has 76 valence electrons. The van der Waals surface area contributed by atoms with Crippen LogP contribution in [-0.4, -0.2) is 55.4 Å². The molecule has 1 unspecified atom stereocenters. The van der Waals surface area contributed by atoms with Crippen molar-refractivity contribution in [2.24, 2.45) is 0 Å². The van der Waals surface area contributed by atoms with Crippen LogP contribution in [0.4, 0.5) is 0 Å². The summed E-state index contributed by atoms with van der Waals surface area (Å²) in [4.78, 5) is 15.7. The molecule has 0 amide bonds. The van der Waals surface area contributed by atoms with Crippen LogP contribution in [-0.2, 0) is 4.79 Å². The van der Waals surface area contributed by atoms with E-state index in [1.807, 2.05) is 0 Å². The van der Waals surface area contributed by atoms with E-state index in [0.717, 1.165) is 26.1 Å². The number of ketones is 1. The normalized spacial score (nSPS) is 24.2. The van der Waals surface area contributed by atoms with Gasteiger partial charge in [-0.1, -0.05) is 0 Å². The molecule has 1 fully saturated rings. The molecule has 0 spiro atoms. The third-order valence-corrected chi connectivity index (χ3v) is 2.67. The van der Waals surface area contributed by atoms with E-state index in [1.54, 1.807) is 6.92 Å². The molecule has 1 atom stereocenters. The Balaban J connectivity index is 2.35. The van der Waals surface area contributed by atoms with Gasteiger partial charge in [0.25, 0.3) is 0 Å². The summed E-state index contributed by atoms with van der Waals surface area (Å²) < 4.78 is 0. The number of likely N-dealkylation sites (tertiary alicyclic amines) is 1. The van der Waals surface area contributed by atoms with Gasteiger partial charge in [0.15, 0.2) is 0 Å². The Morgan fingerprint density at radius 3 is 2.77 bits per heavy atom. The van der Waals surface area contributed by atoms with Crippen molar-refractivity contribution in [3.05, 3.63) is 0 Å². The summed E-state index contributed by atoms with van der Waals surface area (Å²) in [6.45, 7) is 4.87. The standard InChI is InChI=1S/C10H20N2O/c1-9(13)10-5-4-6-12(10)8-7-11(2)3/h10H,4-8H2,1-3H3. The van der Waals surface area contributed by atoms with Crippen LogP contribution in [0.5, 0.6) is 0 Å². The number of nitrogens with zero attached hydrogens (tertiary/aromatic N) is 2. The lowest BCUT2D eigenvalue weighted by Gasteiger charge is -2.23. The molecule has 1 saturated heterocycles. The summed E-state index contributed by atoms with van der Waals surface area (Å²) in [5.74, 6) is 0.330. The molecule has 13 heavy (non-hydrogen) atoms. The fraction of sp³-hybridized carbons (Fsp3) is 0.900. The smallest absolute Gasteiger partial charge is 0.146 e. The van der Waals surface area contributed by atoms with Gasteiger partial charge in [-0.25, -0.2) is 0 Å². The Hall–Kier alpha value is -0.410. The first-order valence-corrected chi connectivity index (χ1v) is 5.00. The first-order valence-electron chi connectivity index (χ1n) is 5.00. The lowest BCUT2D eigenvalue weighted by Crippen LogP contribution is -2.38. The van der Waals surface area contributed by atoms with Crippen LogP contribution in [0.1, 0.15) is 19.8 Å². The predicted octanol–water partition coefficient (Wildman–Crippen LogP) is 0.601. The number of likely N-dealkylation sites (N-methyl/N-ethyl adjacent to an activating group) is 1. The highest BCUT2D eigenvalue weighted by molar-refractivity contribution is 5.81. The summed E-state index contributed by atoms with van der Waals surface area (Å²) in [6, 6.07) is 0.208. The molecule has 0 radical (unpaired) electrons. The highest BCUT2D eigenvalue weighted by atomic mass is 16.1. The van der Waals surface area contributed by atoms with Gasteiger partial charge in [-0.05, 0) is 40.4 Å². The van der Waals surface area contributed by atoms with Crippen molar-refractivity contribution >= 4 is 5.78 Å². The summed E-state index contributed by atoms with van der Waals surface area (Å²) in [5.41, 5.74) is 0. The van der Waals surface area contributed by atoms with E-state index in [4.69, 9.17) is 0 Å². The molecule has 0 aromatic heterocycles. The number of hydrogen-bond acceptors (Lipinski definition) is 3. The molecule has 0 aromatic carbocycles. The van der Waals surface area contributed by atoms with E-state index in [2.05, 4.69) is 23.9 Å². The monoisotopic (exact) mass is 184 g/mol. The Morgan fingerprint density at radius 2 is 2.23 bits per heavy atom. The van der Waals surface area contributed by atoms with Gasteiger partial charge in [0.2, 0.25) is 0 Å². The summed E-state index contributed by atoms with van der Waals surface area (Å²) in [7, 11) is 4.14. The second-order valence-corrected chi connectivity index (χ2v) is 4.11. The number of carbonyl (C=O) groups is 1. The number of rotatable bonds is 4. The highest BCUT2D eigenvalue weighted by Crippen LogP contribution is 2.17. The molecule has 0 aliphatic carbocycles. The molecule has 1 aliphatic rings.